The number of amides is 4. The first-order valence-electron chi connectivity index (χ1n) is 14.2. The lowest BCUT2D eigenvalue weighted by atomic mass is 9.98. The molecular weight excluding hydrogens is 508 g/mol. The van der Waals surface area contributed by atoms with Gasteiger partial charge in [0.1, 0.15) is 11.9 Å². The maximum absolute atomic E-state index is 13.1. The zero-order valence-corrected chi connectivity index (χ0v) is 22.4. The number of nitrogens with one attached hydrogen (secondary N) is 3. The minimum absolute atomic E-state index is 0.0471. The lowest BCUT2D eigenvalue weighted by Gasteiger charge is -2.29. The molecule has 6 rings (SSSR count). The third-order valence-electron chi connectivity index (χ3n) is 8.36. The summed E-state index contributed by atoms with van der Waals surface area (Å²) in [6, 6.07) is 12.9. The zero-order valence-electron chi connectivity index (χ0n) is 22.4. The Morgan fingerprint density at radius 1 is 1.05 bits per heavy atom. The highest BCUT2D eigenvalue weighted by atomic mass is 16.2. The quantitative estimate of drug-likeness (QED) is 0.282. The molecule has 2 atom stereocenters. The van der Waals surface area contributed by atoms with Crippen molar-refractivity contribution >= 4 is 34.7 Å². The van der Waals surface area contributed by atoms with Gasteiger partial charge in [-0.15, -0.1) is 0 Å². The Hall–Kier alpha value is -4.05. The molecule has 3 aliphatic rings. The monoisotopic (exact) mass is 542 g/mol. The predicted octanol–water partition coefficient (Wildman–Crippen LogP) is 2.43. The van der Waals surface area contributed by atoms with E-state index < -0.39 is 6.04 Å². The maximum atomic E-state index is 13.1. The molecule has 0 spiro atoms. The normalized spacial score (nSPS) is 21.2. The molecule has 1 aromatic heterocycles. The van der Waals surface area contributed by atoms with E-state index in [-0.39, 0.29) is 36.1 Å². The van der Waals surface area contributed by atoms with Crippen LogP contribution >= 0.6 is 0 Å². The standard InChI is InChI=1S/C30H34N6O4/c37-27-14-13-25(29(39)34-27)36-18-21-19(8-5-9-20(21)30(36)40)7-3-4-15-35-16-6-12-24(35)28(38)31-17-26-32-22-10-1-2-11-23(22)33-26/h1-2,5,8-11,24-25H,3-4,6-7,12-18H2,(H,31,38)(H,32,33)(H,34,37,39). The van der Waals surface area contributed by atoms with Crippen molar-refractivity contribution in [3.05, 3.63) is 65.0 Å². The Morgan fingerprint density at radius 2 is 1.93 bits per heavy atom. The first kappa shape index (κ1) is 26.2. The minimum atomic E-state index is -0.601. The third-order valence-corrected chi connectivity index (χ3v) is 8.36. The van der Waals surface area contributed by atoms with E-state index in [4.69, 9.17) is 0 Å². The number of H-pyrrole nitrogens is 1. The number of para-hydroxylation sites is 2. The number of carbonyl (C=O) groups excluding carboxylic acids is 4. The van der Waals surface area contributed by atoms with E-state index in [0.29, 0.717) is 25.1 Å². The summed E-state index contributed by atoms with van der Waals surface area (Å²) < 4.78 is 0. The van der Waals surface area contributed by atoms with Gasteiger partial charge in [0.05, 0.1) is 23.6 Å². The molecule has 208 valence electrons. The summed E-state index contributed by atoms with van der Waals surface area (Å²) in [6.45, 7) is 2.54. The van der Waals surface area contributed by atoms with Crippen molar-refractivity contribution in [1.82, 2.24) is 30.4 Å². The molecule has 2 aromatic carbocycles. The average molecular weight is 543 g/mol. The molecule has 2 fully saturated rings. The smallest absolute Gasteiger partial charge is 0.255 e. The van der Waals surface area contributed by atoms with Gasteiger partial charge in [0.15, 0.2) is 0 Å². The second kappa shape index (κ2) is 11.2. The lowest BCUT2D eigenvalue weighted by Crippen LogP contribution is -2.52. The highest BCUT2D eigenvalue weighted by molar-refractivity contribution is 6.05. The van der Waals surface area contributed by atoms with Crippen LogP contribution in [0.25, 0.3) is 11.0 Å². The molecule has 4 heterocycles. The Balaban J connectivity index is 0.998. The number of nitrogens with zero attached hydrogens (tertiary/aromatic N) is 3. The molecular formula is C30H34N6O4. The van der Waals surface area contributed by atoms with E-state index in [1.54, 1.807) is 4.90 Å². The van der Waals surface area contributed by atoms with Gasteiger partial charge in [-0.3, -0.25) is 29.4 Å². The number of piperidine rings is 1. The van der Waals surface area contributed by atoms with E-state index in [2.05, 4.69) is 31.6 Å². The van der Waals surface area contributed by atoms with Gasteiger partial charge in [0.2, 0.25) is 17.7 Å². The second-order valence-corrected chi connectivity index (χ2v) is 10.9. The van der Waals surface area contributed by atoms with Crippen LogP contribution in [-0.2, 0) is 33.9 Å². The van der Waals surface area contributed by atoms with Gasteiger partial charge in [-0.1, -0.05) is 24.3 Å². The van der Waals surface area contributed by atoms with Crippen molar-refractivity contribution < 1.29 is 19.2 Å². The van der Waals surface area contributed by atoms with E-state index in [9.17, 15) is 19.2 Å². The molecule has 2 unspecified atom stereocenters. The number of hydrogen-bond acceptors (Lipinski definition) is 6. The Morgan fingerprint density at radius 3 is 2.77 bits per heavy atom. The van der Waals surface area contributed by atoms with Gasteiger partial charge in [-0.2, -0.15) is 0 Å². The second-order valence-electron chi connectivity index (χ2n) is 10.9. The maximum Gasteiger partial charge on any atom is 0.255 e. The van der Waals surface area contributed by atoms with Crippen molar-refractivity contribution in [2.24, 2.45) is 0 Å². The van der Waals surface area contributed by atoms with Gasteiger partial charge < -0.3 is 15.2 Å². The molecule has 0 aliphatic carbocycles. The van der Waals surface area contributed by atoms with Crippen LogP contribution in [0.1, 0.15) is 65.8 Å². The highest BCUT2D eigenvalue weighted by Crippen LogP contribution is 2.30. The molecule has 3 aromatic rings. The van der Waals surface area contributed by atoms with Crippen LogP contribution in [0.3, 0.4) is 0 Å². The topological polar surface area (TPSA) is 128 Å². The van der Waals surface area contributed by atoms with Crippen LogP contribution in [0.2, 0.25) is 0 Å². The molecule has 10 heteroatoms. The fourth-order valence-electron chi connectivity index (χ4n) is 6.28. The molecule has 4 amide bonds. The number of fused-ring (bicyclic) bond motifs is 2. The fourth-order valence-corrected chi connectivity index (χ4v) is 6.28. The van der Waals surface area contributed by atoms with Gasteiger partial charge in [0.25, 0.3) is 5.91 Å². The van der Waals surface area contributed by atoms with Crippen LogP contribution in [0.5, 0.6) is 0 Å². The summed E-state index contributed by atoms with van der Waals surface area (Å²) in [5.41, 5.74) is 4.63. The van der Waals surface area contributed by atoms with Crippen molar-refractivity contribution in [1.29, 1.82) is 0 Å². The number of rotatable bonds is 9. The van der Waals surface area contributed by atoms with Crippen LogP contribution in [0.4, 0.5) is 0 Å². The molecule has 0 bridgehead atoms. The Labute approximate surface area is 232 Å². The molecule has 40 heavy (non-hydrogen) atoms. The number of imidazole rings is 1. The van der Waals surface area contributed by atoms with Gasteiger partial charge >= 0.3 is 0 Å². The molecule has 0 saturated carbocycles. The van der Waals surface area contributed by atoms with E-state index in [0.717, 1.165) is 73.2 Å². The first-order valence-corrected chi connectivity index (χ1v) is 14.2. The van der Waals surface area contributed by atoms with Crippen LogP contribution in [0.15, 0.2) is 42.5 Å². The molecule has 2 saturated heterocycles. The molecule has 10 nitrogen and oxygen atoms in total. The van der Waals surface area contributed by atoms with Gasteiger partial charge in [-0.25, -0.2) is 4.98 Å². The molecule has 0 radical (unpaired) electrons. The van der Waals surface area contributed by atoms with E-state index in [1.165, 1.54) is 0 Å². The van der Waals surface area contributed by atoms with Crippen LogP contribution in [-0.4, -0.2) is 68.6 Å². The summed E-state index contributed by atoms with van der Waals surface area (Å²) in [4.78, 5) is 61.7. The number of imide groups is 1. The third kappa shape index (κ3) is 5.23. The van der Waals surface area contributed by atoms with Crippen molar-refractivity contribution in [3.8, 4) is 0 Å². The largest absolute Gasteiger partial charge is 0.348 e. The summed E-state index contributed by atoms with van der Waals surface area (Å²) >= 11 is 0. The van der Waals surface area contributed by atoms with Gasteiger partial charge in [0, 0.05) is 18.5 Å². The average Bonchev–Trinajstić information content (AvgIpc) is 3.67. The number of carbonyl (C=O) groups is 4. The number of aryl methyl sites for hydroxylation is 1. The number of unbranched alkanes of at least 4 members (excludes halogenated alkanes) is 1. The number of aromatic amines is 1. The van der Waals surface area contributed by atoms with Crippen LogP contribution < -0.4 is 10.6 Å². The van der Waals surface area contributed by atoms with Crippen molar-refractivity contribution in [2.45, 2.75) is 70.1 Å². The van der Waals surface area contributed by atoms with E-state index in [1.807, 2.05) is 36.4 Å². The first-order chi connectivity index (χ1) is 19.5. The fraction of sp³-hybridized carbons (Fsp3) is 0.433. The molecule has 3 aliphatic heterocycles. The zero-order chi connectivity index (χ0) is 27.6. The van der Waals surface area contributed by atoms with Crippen molar-refractivity contribution in [2.75, 3.05) is 13.1 Å². The van der Waals surface area contributed by atoms with Gasteiger partial charge in [-0.05, 0) is 80.9 Å². The van der Waals surface area contributed by atoms with E-state index >= 15 is 0 Å². The number of benzene rings is 2. The number of aromatic nitrogens is 2. The predicted molar refractivity (Wildman–Crippen MR) is 148 cm³/mol. The molecule has 3 N–H and O–H groups in total. The van der Waals surface area contributed by atoms with Crippen molar-refractivity contribution in [3.63, 3.8) is 0 Å². The summed E-state index contributed by atoms with van der Waals surface area (Å²) in [5.74, 6) is -0.00859. The summed E-state index contributed by atoms with van der Waals surface area (Å²) in [6.07, 6.45) is 5.19. The summed E-state index contributed by atoms with van der Waals surface area (Å²) in [5, 5.41) is 5.42. The summed E-state index contributed by atoms with van der Waals surface area (Å²) in [7, 11) is 0. The number of hydrogen-bond donors (Lipinski definition) is 3. The Kier molecular flexibility index (Phi) is 7.34. The SMILES string of the molecule is O=C1CCC(N2Cc3c(CCCCN4CCCC4C(=O)NCc4nc5ccccc5[nH]4)cccc3C2=O)C(=O)N1. The Bertz CT molecular complexity index is 1430. The van der Waals surface area contributed by atoms with Crippen LogP contribution in [0, 0.1) is 0 Å². The highest BCUT2D eigenvalue weighted by Gasteiger charge is 2.39. The number of likely N-dealkylation sites (tertiary alicyclic amines) is 1. The lowest BCUT2D eigenvalue weighted by molar-refractivity contribution is -0.137. The minimum Gasteiger partial charge on any atom is -0.348 e.